The van der Waals surface area contributed by atoms with Crippen molar-refractivity contribution in [3.05, 3.63) is 18.3 Å². The lowest BCUT2D eigenvalue weighted by Gasteiger charge is -2.22. The minimum absolute atomic E-state index is 0.906. The molecule has 2 N–H and O–H groups in total. The molecule has 0 fully saturated rings. The maximum atomic E-state index is 4.30. The van der Waals surface area contributed by atoms with E-state index < -0.39 is 0 Å². The van der Waals surface area contributed by atoms with Gasteiger partial charge in [-0.1, -0.05) is 0 Å². The van der Waals surface area contributed by atoms with Crippen molar-refractivity contribution in [2.24, 2.45) is 0 Å². The van der Waals surface area contributed by atoms with Crippen molar-refractivity contribution >= 4 is 11.5 Å². The number of nitrogens with zero attached hydrogens (tertiary/aromatic N) is 2. The summed E-state index contributed by atoms with van der Waals surface area (Å²) < 4.78 is 0. The second-order valence-electron chi connectivity index (χ2n) is 3.33. The number of pyridine rings is 1. The van der Waals surface area contributed by atoms with Crippen LogP contribution in [0.15, 0.2) is 18.3 Å². The SMILES string of the molecule is CCN(CCNC)c1ccc(NC)nc1. The molecule has 0 aliphatic heterocycles. The highest BCUT2D eigenvalue weighted by Crippen LogP contribution is 2.13. The Balaban J connectivity index is 2.65. The van der Waals surface area contributed by atoms with E-state index in [-0.39, 0.29) is 0 Å². The number of nitrogens with one attached hydrogen (secondary N) is 2. The summed E-state index contributed by atoms with van der Waals surface area (Å²) in [6, 6.07) is 4.09. The Kier molecular flexibility index (Phi) is 4.90. The Morgan fingerprint density at radius 1 is 1.33 bits per heavy atom. The molecule has 0 atom stereocenters. The van der Waals surface area contributed by atoms with Crippen molar-refractivity contribution < 1.29 is 0 Å². The maximum absolute atomic E-state index is 4.30. The van der Waals surface area contributed by atoms with Gasteiger partial charge in [-0.15, -0.1) is 0 Å². The molecule has 0 unspecified atom stereocenters. The second kappa shape index (κ2) is 6.24. The summed E-state index contributed by atoms with van der Waals surface area (Å²) in [5.74, 6) is 0.906. The monoisotopic (exact) mass is 208 g/mol. The number of likely N-dealkylation sites (N-methyl/N-ethyl adjacent to an activating group) is 2. The highest BCUT2D eigenvalue weighted by molar-refractivity contribution is 5.49. The van der Waals surface area contributed by atoms with E-state index in [9.17, 15) is 0 Å². The summed E-state index contributed by atoms with van der Waals surface area (Å²) in [7, 11) is 3.84. The molecular formula is C11H20N4. The van der Waals surface area contributed by atoms with Crippen LogP contribution in [0.2, 0.25) is 0 Å². The molecule has 0 amide bonds. The first-order valence-corrected chi connectivity index (χ1v) is 5.35. The van der Waals surface area contributed by atoms with E-state index in [1.54, 1.807) is 0 Å². The minimum Gasteiger partial charge on any atom is -0.373 e. The van der Waals surface area contributed by atoms with Gasteiger partial charge in [-0.3, -0.25) is 0 Å². The van der Waals surface area contributed by atoms with Crippen LogP contribution in [0.5, 0.6) is 0 Å². The van der Waals surface area contributed by atoms with Gasteiger partial charge in [0.25, 0.3) is 0 Å². The van der Waals surface area contributed by atoms with Gasteiger partial charge in [0.2, 0.25) is 0 Å². The Labute approximate surface area is 91.7 Å². The molecule has 0 radical (unpaired) electrons. The highest BCUT2D eigenvalue weighted by Gasteiger charge is 2.03. The fourth-order valence-corrected chi connectivity index (χ4v) is 1.44. The molecule has 1 aromatic rings. The Morgan fingerprint density at radius 2 is 2.13 bits per heavy atom. The summed E-state index contributed by atoms with van der Waals surface area (Å²) in [6.45, 7) is 5.15. The van der Waals surface area contributed by atoms with Crippen LogP contribution in [0, 0.1) is 0 Å². The van der Waals surface area contributed by atoms with Gasteiger partial charge in [-0.25, -0.2) is 4.98 Å². The predicted molar refractivity (Wildman–Crippen MR) is 65.6 cm³/mol. The average Bonchev–Trinajstić information content (AvgIpc) is 2.31. The lowest BCUT2D eigenvalue weighted by atomic mass is 10.3. The zero-order valence-electron chi connectivity index (χ0n) is 9.75. The van der Waals surface area contributed by atoms with Crippen LogP contribution in [-0.4, -0.2) is 38.7 Å². The second-order valence-corrected chi connectivity index (χ2v) is 3.33. The summed E-state index contributed by atoms with van der Waals surface area (Å²) >= 11 is 0. The first-order valence-electron chi connectivity index (χ1n) is 5.35. The zero-order valence-corrected chi connectivity index (χ0v) is 9.75. The molecule has 1 rings (SSSR count). The van der Waals surface area contributed by atoms with E-state index >= 15 is 0 Å². The number of hydrogen-bond donors (Lipinski definition) is 2. The molecule has 0 saturated carbocycles. The van der Waals surface area contributed by atoms with E-state index in [1.807, 2.05) is 26.4 Å². The standard InChI is InChI=1S/C11H20N4/c1-4-15(8-7-12-2)10-5-6-11(13-3)14-9-10/h5-6,9,12H,4,7-8H2,1-3H3,(H,13,14). The van der Waals surface area contributed by atoms with Crippen molar-refractivity contribution in [1.82, 2.24) is 10.3 Å². The van der Waals surface area contributed by atoms with Gasteiger partial charge in [0.1, 0.15) is 5.82 Å². The Hall–Kier alpha value is -1.29. The van der Waals surface area contributed by atoms with Gasteiger partial charge in [0, 0.05) is 26.7 Å². The predicted octanol–water partition coefficient (Wildman–Crippen LogP) is 1.17. The molecule has 1 aromatic heterocycles. The van der Waals surface area contributed by atoms with Gasteiger partial charge in [0.05, 0.1) is 11.9 Å². The van der Waals surface area contributed by atoms with Crippen LogP contribution in [0.25, 0.3) is 0 Å². The van der Waals surface area contributed by atoms with Gasteiger partial charge in [-0.05, 0) is 26.1 Å². The van der Waals surface area contributed by atoms with Crippen LogP contribution in [0.3, 0.4) is 0 Å². The van der Waals surface area contributed by atoms with E-state index in [0.717, 1.165) is 25.5 Å². The third-order valence-corrected chi connectivity index (χ3v) is 2.38. The first-order chi connectivity index (χ1) is 7.31. The minimum atomic E-state index is 0.906. The van der Waals surface area contributed by atoms with Crippen molar-refractivity contribution in [3.8, 4) is 0 Å². The largest absolute Gasteiger partial charge is 0.373 e. The van der Waals surface area contributed by atoms with E-state index in [0.29, 0.717) is 0 Å². The lowest BCUT2D eigenvalue weighted by molar-refractivity contribution is 0.736. The number of aromatic nitrogens is 1. The summed E-state index contributed by atoms with van der Waals surface area (Å²) in [5, 5.41) is 6.16. The molecule has 15 heavy (non-hydrogen) atoms. The van der Waals surface area contributed by atoms with Crippen molar-refractivity contribution in [1.29, 1.82) is 0 Å². The fourth-order valence-electron chi connectivity index (χ4n) is 1.44. The normalized spacial score (nSPS) is 10.1. The van der Waals surface area contributed by atoms with Gasteiger partial charge < -0.3 is 15.5 Å². The van der Waals surface area contributed by atoms with Crippen molar-refractivity contribution in [3.63, 3.8) is 0 Å². The van der Waals surface area contributed by atoms with Crippen LogP contribution in [-0.2, 0) is 0 Å². The molecule has 1 heterocycles. The van der Waals surface area contributed by atoms with Crippen LogP contribution in [0.1, 0.15) is 6.92 Å². The van der Waals surface area contributed by atoms with Gasteiger partial charge in [0.15, 0.2) is 0 Å². The Morgan fingerprint density at radius 3 is 2.60 bits per heavy atom. The van der Waals surface area contributed by atoms with E-state index in [1.165, 1.54) is 5.69 Å². The fraction of sp³-hybridized carbons (Fsp3) is 0.545. The quantitative estimate of drug-likeness (QED) is 0.736. The number of anilines is 2. The lowest BCUT2D eigenvalue weighted by Crippen LogP contribution is -2.30. The van der Waals surface area contributed by atoms with Gasteiger partial charge >= 0.3 is 0 Å². The van der Waals surface area contributed by atoms with Crippen LogP contribution < -0.4 is 15.5 Å². The summed E-state index contributed by atoms with van der Waals surface area (Å²) in [4.78, 5) is 6.60. The summed E-state index contributed by atoms with van der Waals surface area (Å²) in [5.41, 5.74) is 1.17. The van der Waals surface area contributed by atoms with Crippen molar-refractivity contribution in [2.45, 2.75) is 6.92 Å². The van der Waals surface area contributed by atoms with Crippen LogP contribution >= 0.6 is 0 Å². The number of rotatable bonds is 6. The number of hydrogen-bond acceptors (Lipinski definition) is 4. The molecule has 4 heteroatoms. The molecule has 0 aliphatic rings. The molecule has 84 valence electrons. The van der Waals surface area contributed by atoms with E-state index in [2.05, 4.69) is 33.5 Å². The third kappa shape index (κ3) is 3.40. The zero-order chi connectivity index (χ0) is 11.1. The van der Waals surface area contributed by atoms with Gasteiger partial charge in [-0.2, -0.15) is 0 Å². The third-order valence-electron chi connectivity index (χ3n) is 2.38. The summed E-state index contributed by atoms with van der Waals surface area (Å²) in [6.07, 6.45) is 1.91. The van der Waals surface area contributed by atoms with Crippen LogP contribution in [0.4, 0.5) is 11.5 Å². The maximum Gasteiger partial charge on any atom is 0.125 e. The Bertz CT molecular complexity index is 270. The molecule has 0 aromatic carbocycles. The molecular weight excluding hydrogens is 188 g/mol. The molecule has 0 spiro atoms. The average molecular weight is 208 g/mol. The first kappa shape index (κ1) is 11.8. The molecule has 0 bridgehead atoms. The molecule has 0 saturated heterocycles. The smallest absolute Gasteiger partial charge is 0.125 e. The molecule has 0 aliphatic carbocycles. The van der Waals surface area contributed by atoms with Crippen molar-refractivity contribution in [2.75, 3.05) is 43.9 Å². The topological polar surface area (TPSA) is 40.2 Å². The van der Waals surface area contributed by atoms with E-state index in [4.69, 9.17) is 0 Å². The molecule has 4 nitrogen and oxygen atoms in total. The highest BCUT2D eigenvalue weighted by atomic mass is 15.1.